The average Bonchev–Trinajstić information content (AvgIpc) is 1.95. The molecule has 1 atom stereocenters. The van der Waals surface area contributed by atoms with E-state index in [2.05, 4.69) is 6.58 Å². The van der Waals surface area contributed by atoms with Crippen LogP contribution in [-0.2, 0) is 14.3 Å². The van der Waals surface area contributed by atoms with Crippen LogP contribution >= 0.6 is 0 Å². The number of nitrogens with two attached hydrogens (primary N) is 1. The van der Waals surface area contributed by atoms with Crippen molar-refractivity contribution in [2.75, 3.05) is 0 Å². The number of carbonyl (C=O) groups is 1. The summed E-state index contributed by atoms with van der Waals surface area (Å²) in [7, 11) is 0. The molecule has 0 bridgehead atoms. The first-order valence-electron chi connectivity index (χ1n) is 5.76. The van der Waals surface area contributed by atoms with Gasteiger partial charge in [-0.25, -0.2) is 0 Å². The van der Waals surface area contributed by atoms with Gasteiger partial charge in [0.1, 0.15) is 17.2 Å². The van der Waals surface area contributed by atoms with Gasteiger partial charge in [-0.3, -0.25) is 4.79 Å². The van der Waals surface area contributed by atoms with E-state index >= 15 is 0 Å². The lowest BCUT2D eigenvalue weighted by atomic mass is 10.1. The van der Waals surface area contributed by atoms with Gasteiger partial charge < -0.3 is 15.2 Å². The Kier molecular flexibility index (Phi) is 5.20. The van der Waals surface area contributed by atoms with Gasteiger partial charge in [-0.2, -0.15) is 0 Å². The van der Waals surface area contributed by atoms with Gasteiger partial charge in [-0.1, -0.05) is 6.58 Å². The van der Waals surface area contributed by atoms with Crippen LogP contribution < -0.4 is 5.73 Å². The fourth-order valence-electron chi connectivity index (χ4n) is 1.18. The summed E-state index contributed by atoms with van der Waals surface area (Å²) in [6.45, 7) is 14.9. The Hall–Kier alpha value is -1.03. The van der Waals surface area contributed by atoms with E-state index in [1.807, 2.05) is 20.8 Å². The van der Waals surface area contributed by atoms with E-state index in [4.69, 9.17) is 15.2 Å². The lowest BCUT2D eigenvalue weighted by molar-refractivity contribution is -0.156. The van der Waals surface area contributed by atoms with E-state index in [-0.39, 0.29) is 12.0 Å². The molecule has 0 aliphatic heterocycles. The van der Waals surface area contributed by atoms with Gasteiger partial charge in [-0.05, 0) is 41.5 Å². The first-order valence-corrected chi connectivity index (χ1v) is 5.76. The molecule has 0 amide bonds. The van der Waals surface area contributed by atoms with Crippen molar-refractivity contribution >= 4 is 5.97 Å². The summed E-state index contributed by atoms with van der Waals surface area (Å²) in [6, 6.07) is -0.732. The van der Waals surface area contributed by atoms with Crippen molar-refractivity contribution in [3.8, 4) is 0 Å². The van der Waals surface area contributed by atoms with E-state index in [0.29, 0.717) is 5.76 Å². The third kappa shape index (κ3) is 8.74. The molecule has 0 heterocycles. The summed E-state index contributed by atoms with van der Waals surface area (Å²) < 4.78 is 10.7. The number of hydrogen-bond acceptors (Lipinski definition) is 4. The molecule has 0 radical (unpaired) electrons. The van der Waals surface area contributed by atoms with Crippen molar-refractivity contribution in [3.05, 3.63) is 12.3 Å². The molecule has 0 fully saturated rings. The zero-order valence-electron chi connectivity index (χ0n) is 11.8. The van der Waals surface area contributed by atoms with Crippen LogP contribution in [0.4, 0.5) is 0 Å². The lowest BCUT2D eigenvalue weighted by Crippen LogP contribution is -2.38. The van der Waals surface area contributed by atoms with Crippen LogP contribution in [0.15, 0.2) is 12.3 Å². The highest BCUT2D eigenvalue weighted by Crippen LogP contribution is 2.17. The van der Waals surface area contributed by atoms with Gasteiger partial charge >= 0.3 is 5.97 Å². The Bertz CT molecular complexity index is 284. The first-order chi connectivity index (χ1) is 7.41. The van der Waals surface area contributed by atoms with Crippen molar-refractivity contribution in [3.63, 3.8) is 0 Å². The minimum absolute atomic E-state index is 0.270. The fraction of sp³-hybridized carbons (Fsp3) is 0.769. The molecular formula is C13H25NO3. The average molecular weight is 243 g/mol. The molecule has 4 heteroatoms. The van der Waals surface area contributed by atoms with Crippen LogP contribution in [0.5, 0.6) is 0 Å². The van der Waals surface area contributed by atoms with Crippen molar-refractivity contribution in [2.45, 2.75) is 65.2 Å². The van der Waals surface area contributed by atoms with Crippen LogP contribution in [0, 0.1) is 0 Å². The predicted molar refractivity (Wildman–Crippen MR) is 68.4 cm³/mol. The van der Waals surface area contributed by atoms with Crippen LogP contribution in [0.1, 0.15) is 48.0 Å². The minimum atomic E-state index is -0.732. The quantitative estimate of drug-likeness (QED) is 0.608. The van der Waals surface area contributed by atoms with Crippen LogP contribution in [0.2, 0.25) is 0 Å². The van der Waals surface area contributed by atoms with Crippen molar-refractivity contribution in [1.82, 2.24) is 0 Å². The van der Waals surface area contributed by atoms with E-state index in [1.165, 1.54) is 0 Å². The number of rotatable bonds is 4. The summed E-state index contributed by atoms with van der Waals surface area (Å²) >= 11 is 0. The Morgan fingerprint density at radius 2 is 1.53 bits per heavy atom. The SMILES string of the molecule is C=C(CC(N)C(=O)OC(C)(C)C)OC(C)(C)C. The maximum absolute atomic E-state index is 11.6. The van der Waals surface area contributed by atoms with Crippen molar-refractivity contribution in [2.24, 2.45) is 5.73 Å². The smallest absolute Gasteiger partial charge is 0.323 e. The Balaban J connectivity index is 4.22. The summed E-state index contributed by atoms with van der Waals surface area (Å²) in [6.07, 6.45) is 0.270. The molecule has 1 unspecified atom stereocenters. The lowest BCUT2D eigenvalue weighted by Gasteiger charge is -2.25. The van der Waals surface area contributed by atoms with Gasteiger partial charge in [0.05, 0.1) is 5.76 Å². The zero-order chi connectivity index (χ0) is 13.9. The van der Waals surface area contributed by atoms with Crippen molar-refractivity contribution in [1.29, 1.82) is 0 Å². The number of hydrogen-bond donors (Lipinski definition) is 1. The van der Waals surface area contributed by atoms with Gasteiger partial charge in [0, 0.05) is 6.42 Å². The monoisotopic (exact) mass is 243 g/mol. The predicted octanol–water partition coefficient (Wildman–Crippen LogP) is 2.37. The number of esters is 1. The third-order valence-electron chi connectivity index (χ3n) is 1.61. The number of carbonyl (C=O) groups excluding carboxylic acids is 1. The molecule has 0 aliphatic rings. The molecule has 0 saturated carbocycles. The molecule has 0 aromatic heterocycles. The normalized spacial score (nSPS) is 14.1. The molecular weight excluding hydrogens is 218 g/mol. The van der Waals surface area contributed by atoms with Crippen LogP contribution in [0.25, 0.3) is 0 Å². The maximum atomic E-state index is 11.6. The second-order valence-electron chi connectivity index (χ2n) is 6.10. The molecule has 0 rings (SSSR count). The maximum Gasteiger partial charge on any atom is 0.323 e. The van der Waals surface area contributed by atoms with E-state index in [9.17, 15) is 4.79 Å². The third-order valence-corrected chi connectivity index (χ3v) is 1.61. The summed E-state index contributed by atoms with van der Waals surface area (Å²) in [5.74, 6) is 0.0621. The highest BCUT2D eigenvalue weighted by Gasteiger charge is 2.24. The molecule has 2 N–H and O–H groups in total. The summed E-state index contributed by atoms with van der Waals surface area (Å²) in [5.41, 5.74) is 4.87. The van der Waals surface area contributed by atoms with Crippen LogP contribution in [0.3, 0.4) is 0 Å². The van der Waals surface area contributed by atoms with Crippen molar-refractivity contribution < 1.29 is 14.3 Å². The molecule has 0 aromatic rings. The highest BCUT2D eigenvalue weighted by atomic mass is 16.6. The molecule has 0 saturated heterocycles. The molecule has 0 aromatic carbocycles. The molecule has 100 valence electrons. The molecule has 0 aliphatic carbocycles. The first kappa shape index (κ1) is 16.0. The Labute approximate surface area is 104 Å². The van der Waals surface area contributed by atoms with Gasteiger partial charge in [0.25, 0.3) is 0 Å². The second kappa shape index (κ2) is 5.54. The second-order valence-corrected chi connectivity index (χ2v) is 6.10. The zero-order valence-corrected chi connectivity index (χ0v) is 11.8. The topological polar surface area (TPSA) is 61.6 Å². The van der Waals surface area contributed by atoms with E-state index in [1.54, 1.807) is 20.8 Å². The molecule has 17 heavy (non-hydrogen) atoms. The van der Waals surface area contributed by atoms with Crippen LogP contribution in [-0.4, -0.2) is 23.2 Å². The Morgan fingerprint density at radius 3 is 1.88 bits per heavy atom. The molecule has 4 nitrogen and oxygen atoms in total. The van der Waals surface area contributed by atoms with Gasteiger partial charge in [0.2, 0.25) is 0 Å². The fourth-order valence-corrected chi connectivity index (χ4v) is 1.18. The highest BCUT2D eigenvalue weighted by molar-refractivity contribution is 5.76. The summed E-state index contributed by atoms with van der Waals surface area (Å²) in [5, 5.41) is 0. The van der Waals surface area contributed by atoms with E-state index < -0.39 is 17.6 Å². The molecule has 0 spiro atoms. The van der Waals surface area contributed by atoms with Gasteiger partial charge in [-0.15, -0.1) is 0 Å². The van der Waals surface area contributed by atoms with E-state index in [0.717, 1.165) is 0 Å². The largest absolute Gasteiger partial charge is 0.493 e. The standard InChI is InChI=1S/C13H25NO3/c1-9(16-12(2,3)4)8-10(14)11(15)17-13(5,6)7/h10H,1,8,14H2,2-7H3. The Morgan fingerprint density at radius 1 is 1.12 bits per heavy atom. The summed E-state index contributed by atoms with van der Waals surface area (Å²) in [4.78, 5) is 11.6. The minimum Gasteiger partial charge on any atom is -0.493 e. The number of ether oxygens (including phenoxy) is 2. The van der Waals surface area contributed by atoms with Gasteiger partial charge in [0.15, 0.2) is 0 Å².